The summed E-state index contributed by atoms with van der Waals surface area (Å²) in [4.78, 5) is 2.40. The first kappa shape index (κ1) is 31.8. The maximum atomic E-state index is 7.09. The molecule has 0 atom stereocenters. The molecule has 2 nitrogen and oxygen atoms in total. The standard InChI is InChI=1S/C53H39NO/c1-52(2)43-24-10-7-20-38(43)41-31-30-37(33-47(41)52)54(36-19-13-18-35(32-36)34-16-5-4-6-17-34)48-28-14-23-42-50-46(27-15-29-49(50)55-51(42)48)53(3)44-25-11-8-21-39(44)40-22-9-12-26-45(40)53/h4-33H,1-3H3. The fourth-order valence-corrected chi connectivity index (χ4v) is 9.88. The maximum absolute atomic E-state index is 7.09. The first-order chi connectivity index (χ1) is 26.9. The van der Waals surface area contributed by atoms with Crippen LogP contribution in [0.15, 0.2) is 186 Å². The number of rotatable bonds is 5. The van der Waals surface area contributed by atoms with Gasteiger partial charge in [0, 0.05) is 33.0 Å². The Kier molecular flexibility index (Phi) is 6.76. The third kappa shape index (κ3) is 4.49. The molecule has 1 aromatic heterocycles. The fourth-order valence-electron chi connectivity index (χ4n) is 9.88. The minimum Gasteiger partial charge on any atom is -0.454 e. The molecule has 0 spiro atoms. The van der Waals surface area contributed by atoms with Gasteiger partial charge in [-0.3, -0.25) is 0 Å². The third-order valence-electron chi connectivity index (χ3n) is 12.5. The SMILES string of the molecule is CC1(C)c2ccccc2-c2ccc(N(c3cccc(-c4ccccc4)c3)c3cccc4c3oc3cccc(C5(C)c6ccccc6-c6ccccc65)c34)cc21. The lowest BCUT2D eigenvalue weighted by Gasteiger charge is -2.29. The van der Waals surface area contributed by atoms with Gasteiger partial charge < -0.3 is 9.32 Å². The van der Waals surface area contributed by atoms with E-state index >= 15 is 0 Å². The number of benzene rings is 8. The second-order valence-corrected chi connectivity index (χ2v) is 15.8. The normalized spacial score (nSPS) is 14.4. The van der Waals surface area contributed by atoms with Gasteiger partial charge in [-0.1, -0.05) is 159 Å². The van der Waals surface area contributed by atoms with E-state index in [0.29, 0.717) is 0 Å². The van der Waals surface area contributed by atoms with Crippen molar-refractivity contribution in [3.63, 3.8) is 0 Å². The largest absolute Gasteiger partial charge is 0.454 e. The Labute approximate surface area is 322 Å². The Morgan fingerprint density at radius 1 is 0.418 bits per heavy atom. The Balaban J connectivity index is 1.16. The van der Waals surface area contributed by atoms with Crippen LogP contribution in [-0.2, 0) is 10.8 Å². The second-order valence-electron chi connectivity index (χ2n) is 15.8. The highest BCUT2D eigenvalue weighted by molar-refractivity contribution is 6.13. The Hall–Kier alpha value is -6.64. The first-order valence-corrected chi connectivity index (χ1v) is 19.3. The number of hydrogen-bond donors (Lipinski definition) is 0. The van der Waals surface area contributed by atoms with Crippen LogP contribution in [0.1, 0.15) is 48.6 Å². The molecule has 9 aromatic rings. The van der Waals surface area contributed by atoms with Gasteiger partial charge in [-0.25, -0.2) is 0 Å². The topological polar surface area (TPSA) is 16.4 Å². The van der Waals surface area contributed by atoms with Gasteiger partial charge in [-0.2, -0.15) is 0 Å². The molecule has 2 aliphatic carbocycles. The highest BCUT2D eigenvalue weighted by Crippen LogP contribution is 2.56. The van der Waals surface area contributed by atoms with Crippen LogP contribution >= 0.6 is 0 Å². The van der Waals surface area contributed by atoms with Crippen molar-refractivity contribution in [1.82, 2.24) is 0 Å². The zero-order chi connectivity index (χ0) is 36.9. The van der Waals surface area contributed by atoms with Crippen molar-refractivity contribution in [3.05, 3.63) is 210 Å². The molecule has 0 fully saturated rings. The number of nitrogens with zero attached hydrogens (tertiary/aromatic N) is 1. The Bertz CT molecular complexity index is 2940. The molecule has 1 heterocycles. The fraction of sp³-hybridized carbons (Fsp3) is 0.0943. The summed E-state index contributed by atoms with van der Waals surface area (Å²) in [7, 11) is 0. The molecular weight excluding hydrogens is 667 g/mol. The van der Waals surface area contributed by atoms with Crippen LogP contribution in [0.5, 0.6) is 0 Å². The summed E-state index contributed by atoms with van der Waals surface area (Å²) in [6.07, 6.45) is 0. The summed E-state index contributed by atoms with van der Waals surface area (Å²) < 4.78 is 7.09. The van der Waals surface area contributed by atoms with Gasteiger partial charge in [-0.05, 0) is 105 Å². The molecule has 8 aromatic carbocycles. The number of para-hydroxylation sites is 1. The summed E-state index contributed by atoms with van der Waals surface area (Å²) >= 11 is 0. The van der Waals surface area contributed by atoms with Gasteiger partial charge in [0.2, 0.25) is 0 Å². The molecule has 0 aliphatic heterocycles. The van der Waals surface area contributed by atoms with Gasteiger partial charge >= 0.3 is 0 Å². The van der Waals surface area contributed by atoms with E-state index in [1.807, 2.05) is 0 Å². The lowest BCUT2D eigenvalue weighted by molar-refractivity contribution is 0.660. The molecule has 2 aliphatic rings. The molecule has 262 valence electrons. The van der Waals surface area contributed by atoms with Gasteiger partial charge in [0.05, 0.1) is 5.69 Å². The molecule has 11 rings (SSSR count). The minimum absolute atomic E-state index is 0.136. The van der Waals surface area contributed by atoms with Gasteiger partial charge in [0.1, 0.15) is 5.58 Å². The van der Waals surface area contributed by atoms with E-state index in [0.717, 1.165) is 39.0 Å². The summed E-state index contributed by atoms with van der Waals surface area (Å²) in [6.45, 7) is 7.09. The second kappa shape index (κ2) is 11.7. The smallest absolute Gasteiger partial charge is 0.159 e. The summed E-state index contributed by atoms with van der Waals surface area (Å²) in [5, 5.41) is 2.28. The van der Waals surface area contributed by atoms with Crippen LogP contribution in [0.4, 0.5) is 17.1 Å². The van der Waals surface area contributed by atoms with Crippen LogP contribution in [-0.4, -0.2) is 0 Å². The van der Waals surface area contributed by atoms with Crippen LogP contribution < -0.4 is 4.90 Å². The number of furan rings is 1. The molecule has 0 amide bonds. The average molecular weight is 706 g/mol. The van der Waals surface area contributed by atoms with E-state index in [2.05, 4.69) is 208 Å². The third-order valence-corrected chi connectivity index (χ3v) is 12.5. The van der Waals surface area contributed by atoms with Gasteiger partial charge in [0.25, 0.3) is 0 Å². The molecule has 0 N–H and O–H groups in total. The van der Waals surface area contributed by atoms with Crippen LogP contribution in [0, 0.1) is 0 Å². The molecule has 2 heteroatoms. The maximum Gasteiger partial charge on any atom is 0.159 e. The molecule has 0 saturated heterocycles. The zero-order valence-electron chi connectivity index (χ0n) is 31.2. The summed E-state index contributed by atoms with van der Waals surface area (Å²) in [5.74, 6) is 0. The van der Waals surface area contributed by atoms with E-state index in [4.69, 9.17) is 4.42 Å². The predicted molar refractivity (Wildman–Crippen MR) is 229 cm³/mol. The van der Waals surface area contributed by atoms with E-state index in [1.165, 1.54) is 61.2 Å². The van der Waals surface area contributed by atoms with Gasteiger partial charge in [-0.15, -0.1) is 0 Å². The van der Waals surface area contributed by atoms with Crippen molar-refractivity contribution in [2.45, 2.75) is 31.6 Å². The lowest BCUT2D eigenvalue weighted by Crippen LogP contribution is -2.22. The van der Waals surface area contributed by atoms with Crippen molar-refractivity contribution in [1.29, 1.82) is 0 Å². The highest BCUT2D eigenvalue weighted by Gasteiger charge is 2.42. The van der Waals surface area contributed by atoms with Gasteiger partial charge in [0.15, 0.2) is 5.58 Å². The zero-order valence-corrected chi connectivity index (χ0v) is 31.2. The molecule has 0 saturated carbocycles. The van der Waals surface area contributed by atoms with Crippen molar-refractivity contribution in [2.24, 2.45) is 0 Å². The van der Waals surface area contributed by atoms with Crippen LogP contribution in [0.2, 0.25) is 0 Å². The number of hydrogen-bond acceptors (Lipinski definition) is 2. The van der Waals surface area contributed by atoms with E-state index < -0.39 is 0 Å². The van der Waals surface area contributed by atoms with E-state index in [9.17, 15) is 0 Å². The summed E-state index contributed by atoms with van der Waals surface area (Å²) in [6, 6.07) is 66.5. The lowest BCUT2D eigenvalue weighted by atomic mass is 9.73. The number of fused-ring (bicyclic) bond motifs is 9. The predicted octanol–water partition coefficient (Wildman–Crippen LogP) is 14.4. The van der Waals surface area contributed by atoms with Crippen LogP contribution in [0.3, 0.4) is 0 Å². The molecular formula is C53H39NO. The first-order valence-electron chi connectivity index (χ1n) is 19.3. The number of anilines is 3. The average Bonchev–Trinajstić information content (AvgIpc) is 3.83. The van der Waals surface area contributed by atoms with Crippen molar-refractivity contribution < 1.29 is 4.42 Å². The minimum atomic E-state index is -0.357. The molecule has 0 bridgehead atoms. The van der Waals surface area contributed by atoms with Crippen molar-refractivity contribution >= 4 is 39.0 Å². The van der Waals surface area contributed by atoms with Crippen molar-refractivity contribution in [2.75, 3.05) is 4.90 Å². The molecule has 0 radical (unpaired) electrons. The Morgan fingerprint density at radius 3 is 1.73 bits per heavy atom. The molecule has 0 unspecified atom stereocenters. The summed E-state index contributed by atoms with van der Waals surface area (Å²) in [5.41, 5.74) is 18.7. The van der Waals surface area contributed by atoms with Crippen LogP contribution in [0.25, 0.3) is 55.3 Å². The Morgan fingerprint density at radius 2 is 0.982 bits per heavy atom. The van der Waals surface area contributed by atoms with E-state index in [1.54, 1.807) is 0 Å². The quantitative estimate of drug-likeness (QED) is 0.177. The van der Waals surface area contributed by atoms with E-state index in [-0.39, 0.29) is 10.8 Å². The highest BCUT2D eigenvalue weighted by atomic mass is 16.3. The molecule has 55 heavy (non-hydrogen) atoms. The van der Waals surface area contributed by atoms with Crippen molar-refractivity contribution in [3.8, 4) is 33.4 Å². The monoisotopic (exact) mass is 705 g/mol.